The molecule has 122 valence electrons. The first kappa shape index (κ1) is 15.9. The standard InChI is InChI=1S/C18H18N4O2/c1-13-15(11-20-22(13)17-9-5-6-10-19-17)18(24)21-16(12-23)14-7-3-2-4-8-14/h2-11,16,23H,12H2,1H3,(H,21,24). The number of aliphatic hydroxyl groups is 1. The molecule has 1 unspecified atom stereocenters. The maximum atomic E-state index is 12.6. The highest BCUT2D eigenvalue weighted by atomic mass is 16.3. The molecule has 0 saturated carbocycles. The summed E-state index contributed by atoms with van der Waals surface area (Å²) in [5, 5.41) is 16.7. The van der Waals surface area contributed by atoms with Gasteiger partial charge in [0.15, 0.2) is 5.82 Å². The third-order valence-corrected chi connectivity index (χ3v) is 3.81. The van der Waals surface area contributed by atoms with Crippen LogP contribution in [0.25, 0.3) is 5.82 Å². The molecule has 6 heteroatoms. The number of nitrogens with zero attached hydrogens (tertiary/aromatic N) is 3. The van der Waals surface area contributed by atoms with E-state index < -0.39 is 6.04 Å². The van der Waals surface area contributed by atoms with Crippen molar-refractivity contribution in [1.82, 2.24) is 20.1 Å². The quantitative estimate of drug-likeness (QED) is 0.753. The number of carbonyl (C=O) groups is 1. The number of hydrogen-bond acceptors (Lipinski definition) is 4. The maximum Gasteiger partial charge on any atom is 0.255 e. The fourth-order valence-electron chi connectivity index (χ4n) is 2.50. The van der Waals surface area contributed by atoms with Gasteiger partial charge in [-0.05, 0) is 24.6 Å². The Bertz CT molecular complexity index is 816. The van der Waals surface area contributed by atoms with Crippen LogP contribution >= 0.6 is 0 Å². The number of pyridine rings is 1. The zero-order chi connectivity index (χ0) is 16.9. The number of aliphatic hydroxyl groups excluding tert-OH is 1. The van der Waals surface area contributed by atoms with Crippen molar-refractivity contribution in [3.8, 4) is 5.82 Å². The van der Waals surface area contributed by atoms with Gasteiger partial charge in [0.25, 0.3) is 5.91 Å². The SMILES string of the molecule is Cc1c(C(=O)NC(CO)c2ccccc2)cnn1-c1ccccn1. The van der Waals surface area contributed by atoms with Crippen molar-refractivity contribution >= 4 is 5.91 Å². The molecular formula is C18H18N4O2. The van der Waals surface area contributed by atoms with Gasteiger partial charge in [-0.3, -0.25) is 4.79 Å². The molecule has 2 aromatic heterocycles. The first-order valence-electron chi connectivity index (χ1n) is 7.63. The van der Waals surface area contributed by atoms with Gasteiger partial charge in [-0.15, -0.1) is 0 Å². The third kappa shape index (κ3) is 3.18. The number of hydrogen-bond donors (Lipinski definition) is 2. The fraction of sp³-hybridized carbons (Fsp3) is 0.167. The van der Waals surface area contributed by atoms with E-state index in [0.717, 1.165) is 5.56 Å². The summed E-state index contributed by atoms with van der Waals surface area (Å²) in [5.41, 5.74) is 1.99. The second-order valence-corrected chi connectivity index (χ2v) is 5.36. The van der Waals surface area contributed by atoms with Crippen molar-refractivity contribution in [2.24, 2.45) is 0 Å². The number of benzene rings is 1. The first-order chi connectivity index (χ1) is 11.7. The van der Waals surface area contributed by atoms with Crippen molar-refractivity contribution in [3.05, 3.63) is 77.7 Å². The van der Waals surface area contributed by atoms with Crippen LogP contribution in [0.4, 0.5) is 0 Å². The van der Waals surface area contributed by atoms with Crippen LogP contribution < -0.4 is 5.32 Å². The zero-order valence-electron chi connectivity index (χ0n) is 13.3. The van der Waals surface area contributed by atoms with Crippen LogP contribution in [-0.2, 0) is 0 Å². The van der Waals surface area contributed by atoms with Crippen molar-refractivity contribution < 1.29 is 9.90 Å². The Morgan fingerprint density at radius 1 is 1.21 bits per heavy atom. The maximum absolute atomic E-state index is 12.6. The molecule has 0 aliphatic carbocycles. The topological polar surface area (TPSA) is 80.0 Å². The van der Waals surface area contributed by atoms with Gasteiger partial charge in [-0.1, -0.05) is 36.4 Å². The van der Waals surface area contributed by atoms with E-state index in [1.165, 1.54) is 6.20 Å². The molecule has 0 radical (unpaired) electrons. The highest BCUT2D eigenvalue weighted by molar-refractivity contribution is 5.95. The number of carbonyl (C=O) groups excluding carboxylic acids is 1. The molecule has 0 bridgehead atoms. The molecule has 3 rings (SSSR count). The summed E-state index contributed by atoms with van der Waals surface area (Å²) in [6.07, 6.45) is 3.19. The van der Waals surface area contributed by atoms with Crippen molar-refractivity contribution in [1.29, 1.82) is 0 Å². The van der Waals surface area contributed by atoms with Crippen LogP contribution in [0, 0.1) is 6.92 Å². The molecule has 1 atom stereocenters. The first-order valence-corrected chi connectivity index (χ1v) is 7.63. The summed E-state index contributed by atoms with van der Waals surface area (Å²) in [6, 6.07) is 14.4. The lowest BCUT2D eigenvalue weighted by Crippen LogP contribution is -2.31. The minimum atomic E-state index is -0.462. The largest absolute Gasteiger partial charge is 0.394 e. The second kappa shape index (κ2) is 7.06. The fourth-order valence-corrected chi connectivity index (χ4v) is 2.50. The highest BCUT2D eigenvalue weighted by Crippen LogP contribution is 2.16. The lowest BCUT2D eigenvalue weighted by Gasteiger charge is -2.16. The lowest BCUT2D eigenvalue weighted by molar-refractivity contribution is 0.0915. The Balaban J connectivity index is 1.82. The van der Waals surface area contributed by atoms with Gasteiger partial charge in [0.2, 0.25) is 0 Å². The van der Waals surface area contributed by atoms with Gasteiger partial charge in [-0.2, -0.15) is 5.10 Å². The van der Waals surface area contributed by atoms with Crippen molar-refractivity contribution in [2.45, 2.75) is 13.0 Å². The van der Waals surface area contributed by atoms with Crippen LogP contribution in [0.1, 0.15) is 27.7 Å². The molecule has 0 saturated heterocycles. The van der Waals surface area contributed by atoms with Crippen molar-refractivity contribution in [3.63, 3.8) is 0 Å². The number of aromatic nitrogens is 3. The van der Waals surface area contributed by atoms with Gasteiger partial charge >= 0.3 is 0 Å². The second-order valence-electron chi connectivity index (χ2n) is 5.36. The van der Waals surface area contributed by atoms with Gasteiger partial charge in [0, 0.05) is 6.20 Å². The zero-order valence-corrected chi connectivity index (χ0v) is 13.3. The molecule has 0 spiro atoms. The predicted molar refractivity (Wildman–Crippen MR) is 89.8 cm³/mol. The number of nitrogens with one attached hydrogen (secondary N) is 1. The van der Waals surface area contributed by atoms with E-state index in [4.69, 9.17) is 0 Å². The van der Waals surface area contributed by atoms with Gasteiger partial charge < -0.3 is 10.4 Å². The van der Waals surface area contributed by atoms with Crippen LogP contribution in [-0.4, -0.2) is 32.4 Å². The summed E-state index contributed by atoms with van der Waals surface area (Å²) in [5.74, 6) is 0.369. The average molecular weight is 322 g/mol. The molecule has 3 aromatic rings. The smallest absolute Gasteiger partial charge is 0.255 e. The normalized spacial score (nSPS) is 11.9. The van der Waals surface area contributed by atoms with Crippen molar-refractivity contribution in [2.75, 3.05) is 6.61 Å². The molecule has 1 amide bonds. The molecule has 1 aromatic carbocycles. The molecule has 24 heavy (non-hydrogen) atoms. The minimum Gasteiger partial charge on any atom is -0.394 e. The Hall–Kier alpha value is -2.99. The Labute approximate surface area is 139 Å². The van der Waals surface area contributed by atoms with Crippen LogP contribution in [0.2, 0.25) is 0 Å². The van der Waals surface area contributed by atoms with E-state index in [9.17, 15) is 9.90 Å². The Morgan fingerprint density at radius 3 is 2.62 bits per heavy atom. The average Bonchev–Trinajstić information content (AvgIpc) is 3.02. The van der Waals surface area contributed by atoms with Gasteiger partial charge in [0.05, 0.1) is 30.1 Å². The summed E-state index contributed by atoms with van der Waals surface area (Å²) in [6.45, 7) is 1.64. The monoisotopic (exact) mass is 322 g/mol. The minimum absolute atomic E-state index is 0.177. The number of rotatable bonds is 5. The summed E-state index contributed by atoms with van der Waals surface area (Å²) in [7, 11) is 0. The van der Waals surface area contributed by atoms with E-state index in [-0.39, 0.29) is 12.5 Å². The third-order valence-electron chi connectivity index (χ3n) is 3.81. The highest BCUT2D eigenvalue weighted by Gasteiger charge is 2.19. The van der Waals surface area contributed by atoms with E-state index >= 15 is 0 Å². The molecule has 0 aliphatic rings. The van der Waals surface area contributed by atoms with Gasteiger partial charge in [-0.25, -0.2) is 9.67 Å². The summed E-state index contributed by atoms with van der Waals surface area (Å²) < 4.78 is 1.62. The molecule has 6 nitrogen and oxygen atoms in total. The van der Waals surface area contributed by atoms with E-state index in [1.807, 2.05) is 55.5 Å². The summed E-state index contributed by atoms with van der Waals surface area (Å²) >= 11 is 0. The van der Waals surface area contributed by atoms with Crippen LogP contribution in [0.5, 0.6) is 0 Å². The summed E-state index contributed by atoms with van der Waals surface area (Å²) in [4.78, 5) is 16.8. The van der Waals surface area contributed by atoms with E-state index in [0.29, 0.717) is 17.1 Å². The van der Waals surface area contributed by atoms with E-state index in [1.54, 1.807) is 10.9 Å². The Morgan fingerprint density at radius 2 is 1.96 bits per heavy atom. The molecule has 2 heterocycles. The molecule has 2 N–H and O–H groups in total. The number of amides is 1. The van der Waals surface area contributed by atoms with Gasteiger partial charge in [0.1, 0.15) is 0 Å². The Kier molecular flexibility index (Phi) is 4.67. The van der Waals surface area contributed by atoms with Crippen LogP contribution in [0.15, 0.2) is 60.9 Å². The lowest BCUT2D eigenvalue weighted by atomic mass is 10.1. The van der Waals surface area contributed by atoms with E-state index in [2.05, 4.69) is 15.4 Å². The molecule has 0 aliphatic heterocycles. The molecule has 0 fully saturated rings. The predicted octanol–water partition coefficient (Wildman–Crippen LogP) is 2.04. The van der Waals surface area contributed by atoms with Crippen LogP contribution in [0.3, 0.4) is 0 Å². The molecular weight excluding hydrogens is 304 g/mol.